The van der Waals surface area contributed by atoms with Crippen LogP contribution in [0.1, 0.15) is 40.2 Å². The molecule has 1 aromatic carbocycles. The third-order valence-corrected chi connectivity index (χ3v) is 5.21. The van der Waals surface area contributed by atoms with Gasteiger partial charge in [-0.25, -0.2) is 0 Å². The van der Waals surface area contributed by atoms with Crippen molar-refractivity contribution in [2.45, 2.75) is 51.6 Å². The van der Waals surface area contributed by atoms with Crippen LogP contribution in [0.5, 0.6) is 5.75 Å². The van der Waals surface area contributed by atoms with E-state index in [9.17, 15) is 0 Å². The quantitative estimate of drug-likeness (QED) is 0.781. The number of benzene rings is 1. The Morgan fingerprint density at radius 1 is 1.14 bits per heavy atom. The summed E-state index contributed by atoms with van der Waals surface area (Å²) in [6.45, 7) is 10.5. The fourth-order valence-electron chi connectivity index (χ4n) is 2.25. The van der Waals surface area contributed by atoms with E-state index >= 15 is 0 Å². The monoisotopic (exact) mass is 308 g/mol. The van der Waals surface area contributed by atoms with E-state index in [1.807, 2.05) is 23.9 Å². The topological polar surface area (TPSA) is 27.7 Å². The predicted octanol–water partition coefficient (Wildman–Crippen LogP) is 3.25. The fraction of sp³-hybridized carbons (Fsp3) is 0.625. The van der Waals surface area contributed by atoms with Gasteiger partial charge >= 0.3 is 7.12 Å². The van der Waals surface area contributed by atoms with E-state index in [4.69, 9.17) is 14.0 Å². The lowest BCUT2D eigenvalue weighted by molar-refractivity contribution is 0.00578. The molecule has 0 spiro atoms. The summed E-state index contributed by atoms with van der Waals surface area (Å²) in [5.41, 5.74) is 1.63. The van der Waals surface area contributed by atoms with Gasteiger partial charge in [-0.1, -0.05) is 19.1 Å². The van der Waals surface area contributed by atoms with Crippen molar-refractivity contribution in [2.24, 2.45) is 0 Å². The molecule has 2 rings (SSSR count). The smallest absolute Gasteiger partial charge is 0.494 e. The molecule has 1 aromatic rings. The zero-order valence-electron chi connectivity index (χ0n) is 13.9. The average molecular weight is 308 g/mol. The zero-order valence-corrected chi connectivity index (χ0v) is 14.7. The molecule has 0 saturated carbocycles. The first-order chi connectivity index (χ1) is 9.80. The molecular formula is C16H25BO3S. The molecule has 1 aliphatic heterocycles. The lowest BCUT2D eigenvalue weighted by atomic mass is 9.78. The number of hydrogen-bond donors (Lipinski definition) is 0. The molecule has 1 fully saturated rings. The number of thioether (sulfide) groups is 1. The van der Waals surface area contributed by atoms with Gasteiger partial charge < -0.3 is 14.0 Å². The van der Waals surface area contributed by atoms with E-state index < -0.39 is 0 Å². The molecule has 21 heavy (non-hydrogen) atoms. The average Bonchev–Trinajstić information content (AvgIpc) is 2.65. The molecule has 0 atom stereocenters. The van der Waals surface area contributed by atoms with E-state index in [1.165, 1.54) is 5.56 Å². The first kappa shape index (κ1) is 16.7. The third kappa shape index (κ3) is 3.41. The van der Waals surface area contributed by atoms with Gasteiger partial charge in [0.2, 0.25) is 0 Å². The van der Waals surface area contributed by atoms with Crippen molar-refractivity contribution in [3.63, 3.8) is 0 Å². The van der Waals surface area contributed by atoms with Crippen LogP contribution in [0.3, 0.4) is 0 Å². The Bertz CT molecular complexity index is 486. The normalized spacial score (nSPS) is 19.8. The van der Waals surface area contributed by atoms with Gasteiger partial charge in [-0.05, 0) is 45.0 Å². The second-order valence-corrected chi connectivity index (χ2v) is 7.57. The van der Waals surface area contributed by atoms with Crippen molar-refractivity contribution in [3.05, 3.63) is 23.8 Å². The van der Waals surface area contributed by atoms with Gasteiger partial charge in [0.05, 0.1) is 18.3 Å². The van der Waals surface area contributed by atoms with Crippen LogP contribution in [-0.2, 0) is 15.1 Å². The minimum absolute atomic E-state index is 0.310. The Hall–Kier alpha value is -0.645. The van der Waals surface area contributed by atoms with Crippen LogP contribution in [0, 0.1) is 0 Å². The van der Waals surface area contributed by atoms with Crippen LogP contribution in [0.25, 0.3) is 0 Å². The largest absolute Gasteiger partial charge is 0.496 e. The summed E-state index contributed by atoms with van der Waals surface area (Å²) in [5.74, 6) is 2.95. The Morgan fingerprint density at radius 2 is 1.76 bits per heavy atom. The Balaban J connectivity index is 2.25. The van der Waals surface area contributed by atoms with Gasteiger partial charge in [0, 0.05) is 11.3 Å². The SMILES string of the molecule is CCSCc1cc(B2OC(C)(C)C(C)(C)O2)ccc1OC. The molecule has 0 unspecified atom stereocenters. The Kier molecular flexibility index (Phi) is 4.96. The van der Waals surface area contributed by atoms with Gasteiger partial charge in [0.1, 0.15) is 5.75 Å². The number of ether oxygens (including phenoxy) is 1. The highest BCUT2D eigenvalue weighted by molar-refractivity contribution is 7.98. The standard InChI is InChI=1S/C16H25BO3S/c1-7-21-11-12-10-13(8-9-14(12)18-6)17-19-15(2,3)16(4,5)20-17/h8-10H,7,11H2,1-6H3. The third-order valence-electron chi connectivity index (χ3n) is 4.29. The molecule has 0 radical (unpaired) electrons. The summed E-state index contributed by atoms with van der Waals surface area (Å²) < 4.78 is 17.7. The van der Waals surface area contributed by atoms with E-state index in [1.54, 1.807) is 7.11 Å². The van der Waals surface area contributed by atoms with Crippen molar-refractivity contribution < 1.29 is 14.0 Å². The molecule has 116 valence electrons. The minimum atomic E-state index is -0.314. The first-order valence-electron chi connectivity index (χ1n) is 7.41. The number of rotatable bonds is 5. The van der Waals surface area contributed by atoms with Crippen molar-refractivity contribution in [1.82, 2.24) is 0 Å². The molecule has 0 bridgehead atoms. The van der Waals surface area contributed by atoms with E-state index in [0.717, 1.165) is 22.7 Å². The van der Waals surface area contributed by atoms with E-state index in [2.05, 4.69) is 40.7 Å². The van der Waals surface area contributed by atoms with Crippen LogP contribution >= 0.6 is 11.8 Å². The van der Waals surface area contributed by atoms with Gasteiger partial charge in [-0.3, -0.25) is 0 Å². The van der Waals surface area contributed by atoms with Crippen LogP contribution in [0.15, 0.2) is 18.2 Å². The predicted molar refractivity (Wildman–Crippen MR) is 90.5 cm³/mol. The molecule has 3 nitrogen and oxygen atoms in total. The molecule has 5 heteroatoms. The lowest BCUT2D eigenvalue weighted by Crippen LogP contribution is -2.41. The Morgan fingerprint density at radius 3 is 2.29 bits per heavy atom. The van der Waals surface area contributed by atoms with Crippen molar-refractivity contribution in [2.75, 3.05) is 12.9 Å². The van der Waals surface area contributed by atoms with Crippen LogP contribution in [0.2, 0.25) is 0 Å². The van der Waals surface area contributed by atoms with Crippen molar-refractivity contribution >= 4 is 24.3 Å². The summed E-state index contributed by atoms with van der Waals surface area (Å²) >= 11 is 1.88. The first-order valence-corrected chi connectivity index (χ1v) is 8.56. The second-order valence-electron chi connectivity index (χ2n) is 6.30. The van der Waals surface area contributed by atoms with Gasteiger partial charge in [0.15, 0.2) is 0 Å². The highest BCUT2D eigenvalue weighted by Gasteiger charge is 2.51. The maximum atomic E-state index is 6.11. The summed E-state index contributed by atoms with van der Waals surface area (Å²) in [7, 11) is 1.40. The molecule has 1 saturated heterocycles. The molecule has 0 amide bonds. The molecule has 0 aliphatic carbocycles. The van der Waals surface area contributed by atoms with Gasteiger partial charge in [-0.15, -0.1) is 0 Å². The second kappa shape index (κ2) is 6.23. The van der Waals surface area contributed by atoms with Crippen molar-refractivity contribution in [3.8, 4) is 5.75 Å². The van der Waals surface area contributed by atoms with Gasteiger partial charge in [0.25, 0.3) is 0 Å². The maximum Gasteiger partial charge on any atom is 0.494 e. The fourth-order valence-corrected chi connectivity index (χ4v) is 2.90. The summed E-state index contributed by atoms with van der Waals surface area (Å²) in [6.07, 6.45) is 0. The highest BCUT2D eigenvalue weighted by Crippen LogP contribution is 2.36. The van der Waals surface area contributed by atoms with Gasteiger partial charge in [-0.2, -0.15) is 11.8 Å². The summed E-state index contributed by atoms with van der Waals surface area (Å²) in [6, 6.07) is 6.18. The zero-order chi connectivity index (χ0) is 15.7. The molecule has 1 aliphatic rings. The van der Waals surface area contributed by atoms with E-state index in [0.29, 0.717) is 0 Å². The number of methoxy groups -OCH3 is 1. The van der Waals surface area contributed by atoms with Crippen LogP contribution in [-0.4, -0.2) is 31.2 Å². The molecule has 0 aromatic heterocycles. The summed E-state index contributed by atoms with van der Waals surface area (Å²) in [5, 5.41) is 0. The molecular weight excluding hydrogens is 283 g/mol. The van der Waals surface area contributed by atoms with Crippen molar-refractivity contribution in [1.29, 1.82) is 0 Å². The highest BCUT2D eigenvalue weighted by atomic mass is 32.2. The molecule has 0 N–H and O–H groups in total. The Labute approximate surface area is 132 Å². The summed E-state index contributed by atoms with van der Waals surface area (Å²) in [4.78, 5) is 0. The number of hydrogen-bond acceptors (Lipinski definition) is 4. The maximum absolute atomic E-state index is 6.11. The van der Waals surface area contributed by atoms with Crippen LogP contribution < -0.4 is 10.2 Å². The lowest BCUT2D eigenvalue weighted by Gasteiger charge is -2.32. The van der Waals surface area contributed by atoms with Crippen LogP contribution in [0.4, 0.5) is 0 Å². The van der Waals surface area contributed by atoms with E-state index in [-0.39, 0.29) is 18.3 Å². The minimum Gasteiger partial charge on any atom is -0.496 e. The molecule has 1 heterocycles.